The third kappa shape index (κ3) is 3.90. The molecule has 0 bridgehead atoms. The van der Waals surface area contributed by atoms with Crippen LogP contribution in [0.2, 0.25) is 0 Å². The molecule has 4 fully saturated rings. The van der Waals surface area contributed by atoms with Crippen molar-refractivity contribution in [3.05, 3.63) is 30.1 Å². The number of piperidine rings is 1. The fourth-order valence-corrected chi connectivity index (χ4v) is 4.88. The monoisotopic (exact) mass is 369 g/mol. The van der Waals surface area contributed by atoms with Gasteiger partial charge in [0.15, 0.2) is 0 Å². The summed E-state index contributed by atoms with van der Waals surface area (Å²) >= 11 is 0. The smallest absolute Gasteiger partial charge is 0.255 e. The highest BCUT2D eigenvalue weighted by atomic mass is 16.5. The van der Waals surface area contributed by atoms with Crippen LogP contribution >= 0.6 is 0 Å². The Morgan fingerprint density at radius 2 is 1.89 bits per heavy atom. The minimum absolute atomic E-state index is 0.132. The summed E-state index contributed by atoms with van der Waals surface area (Å²) in [5.74, 6) is 2.51. The van der Waals surface area contributed by atoms with Gasteiger partial charge in [0.25, 0.3) is 5.91 Å². The van der Waals surface area contributed by atoms with Crippen molar-refractivity contribution in [1.82, 2.24) is 14.8 Å². The Morgan fingerprint density at radius 1 is 1.11 bits per heavy atom. The molecule has 1 unspecified atom stereocenters. The fourth-order valence-electron chi connectivity index (χ4n) is 4.88. The topological polar surface area (TPSA) is 45.7 Å². The summed E-state index contributed by atoms with van der Waals surface area (Å²) in [5.41, 5.74) is 0.896. The van der Waals surface area contributed by atoms with Crippen molar-refractivity contribution >= 4 is 5.91 Å². The summed E-state index contributed by atoms with van der Waals surface area (Å²) in [6, 6.07) is 3.72. The number of likely N-dealkylation sites (tertiary alicyclic amines) is 2. The van der Waals surface area contributed by atoms with Crippen LogP contribution in [0, 0.1) is 17.8 Å². The number of hydrogen-bond acceptors (Lipinski definition) is 4. The SMILES string of the molecule is O=C(c1cccnc1)N1CC2(CC(COCC3CC3)CCN2CC2CC2)C1. The molecule has 5 heteroatoms. The highest BCUT2D eigenvalue weighted by Gasteiger charge is 2.53. The number of ether oxygens (including phenoxy) is 1. The second-order valence-corrected chi connectivity index (χ2v) is 9.36. The van der Waals surface area contributed by atoms with Crippen LogP contribution in [-0.2, 0) is 4.74 Å². The summed E-state index contributed by atoms with van der Waals surface area (Å²) in [6.07, 6.45) is 11.3. The molecular formula is C22H31N3O2. The molecule has 1 aromatic rings. The van der Waals surface area contributed by atoms with Crippen LogP contribution in [0.15, 0.2) is 24.5 Å². The fraction of sp³-hybridized carbons (Fsp3) is 0.727. The van der Waals surface area contributed by atoms with Gasteiger partial charge in [-0.05, 0) is 75.0 Å². The van der Waals surface area contributed by atoms with Crippen molar-refractivity contribution in [1.29, 1.82) is 0 Å². The van der Waals surface area contributed by atoms with Crippen LogP contribution in [0.1, 0.15) is 48.9 Å². The van der Waals surface area contributed by atoms with Gasteiger partial charge in [0.2, 0.25) is 0 Å². The van der Waals surface area contributed by atoms with Gasteiger partial charge in [-0.25, -0.2) is 0 Å². The quantitative estimate of drug-likeness (QED) is 0.741. The van der Waals surface area contributed by atoms with Gasteiger partial charge < -0.3 is 9.64 Å². The van der Waals surface area contributed by atoms with E-state index in [1.807, 2.05) is 17.0 Å². The lowest BCUT2D eigenvalue weighted by molar-refractivity contribution is -0.0895. The molecule has 1 aromatic heterocycles. The molecule has 2 aliphatic heterocycles. The Hall–Kier alpha value is -1.46. The first kappa shape index (κ1) is 17.6. The summed E-state index contributed by atoms with van der Waals surface area (Å²) in [5, 5.41) is 0. The highest BCUT2D eigenvalue weighted by Crippen LogP contribution is 2.42. The van der Waals surface area contributed by atoms with E-state index in [1.165, 1.54) is 51.6 Å². The van der Waals surface area contributed by atoms with E-state index in [1.54, 1.807) is 12.4 Å². The molecule has 2 saturated carbocycles. The first-order chi connectivity index (χ1) is 13.2. The van der Waals surface area contributed by atoms with E-state index in [0.29, 0.717) is 11.5 Å². The van der Waals surface area contributed by atoms with Crippen LogP contribution in [0.4, 0.5) is 0 Å². The van der Waals surface area contributed by atoms with E-state index < -0.39 is 0 Å². The van der Waals surface area contributed by atoms with E-state index in [4.69, 9.17) is 4.74 Å². The number of amides is 1. The van der Waals surface area contributed by atoms with E-state index in [2.05, 4.69) is 9.88 Å². The number of hydrogen-bond donors (Lipinski definition) is 0. The van der Waals surface area contributed by atoms with Crippen molar-refractivity contribution in [2.75, 3.05) is 39.4 Å². The third-order valence-corrected chi connectivity index (χ3v) is 6.89. The molecule has 3 heterocycles. The van der Waals surface area contributed by atoms with E-state index in [0.717, 1.165) is 38.1 Å². The Kier molecular flexibility index (Phi) is 4.68. The van der Waals surface area contributed by atoms with Crippen LogP contribution < -0.4 is 0 Å². The number of carbonyl (C=O) groups excluding carboxylic acids is 1. The minimum atomic E-state index is 0.132. The predicted octanol–water partition coefficient (Wildman–Crippen LogP) is 2.82. The predicted molar refractivity (Wildman–Crippen MR) is 103 cm³/mol. The zero-order valence-corrected chi connectivity index (χ0v) is 16.2. The average Bonchev–Trinajstić information content (AvgIpc) is 3.57. The van der Waals surface area contributed by atoms with E-state index in [-0.39, 0.29) is 11.4 Å². The maximum atomic E-state index is 12.8. The molecule has 1 atom stereocenters. The lowest BCUT2D eigenvalue weighted by Gasteiger charge is -2.59. The van der Waals surface area contributed by atoms with Crippen molar-refractivity contribution in [2.45, 2.75) is 44.1 Å². The molecule has 2 aliphatic carbocycles. The molecular weight excluding hydrogens is 338 g/mol. The maximum absolute atomic E-state index is 12.8. The standard InChI is InChI=1S/C22H31N3O2/c26-21(20-2-1-8-23-11-20)24-15-22(16-24)10-19(14-27-13-18-5-6-18)7-9-25(22)12-17-3-4-17/h1-2,8,11,17-19H,3-7,9-10,12-16H2. The largest absolute Gasteiger partial charge is 0.381 e. The molecule has 5 rings (SSSR count). The van der Waals surface area contributed by atoms with Crippen LogP contribution in [0.5, 0.6) is 0 Å². The molecule has 4 aliphatic rings. The summed E-state index contributed by atoms with van der Waals surface area (Å²) in [4.78, 5) is 21.6. The first-order valence-corrected chi connectivity index (χ1v) is 10.7. The van der Waals surface area contributed by atoms with E-state index >= 15 is 0 Å². The Morgan fingerprint density at radius 3 is 2.59 bits per heavy atom. The van der Waals surface area contributed by atoms with Crippen LogP contribution in [0.25, 0.3) is 0 Å². The summed E-state index contributed by atoms with van der Waals surface area (Å²) in [7, 11) is 0. The Balaban J connectivity index is 1.21. The van der Waals surface area contributed by atoms with Gasteiger partial charge in [0.1, 0.15) is 0 Å². The molecule has 0 radical (unpaired) electrons. The average molecular weight is 370 g/mol. The second-order valence-electron chi connectivity index (χ2n) is 9.36. The van der Waals surface area contributed by atoms with Gasteiger partial charge in [-0.15, -0.1) is 0 Å². The molecule has 5 nitrogen and oxygen atoms in total. The number of nitrogens with zero attached hydrogens (tertiary/aromatic N) is 3. The van der Waals surface area contributed by atoms with Gasteiger partial charge in [-0.1, -0.05) is 0 Å². The molecule has 0 aromatic carbocycles. The number of carbonyl (C=O) groups is 1. The number of rotatable bonds is 7. The zero-order valence-electron chi connectivity index (χ0n) is 16.2. The van der Waals surface area contributed by atoms with Crippen molar-refractivity contribution in [3.63, 3.8) is 0 Å². The minimum Gasteiger partial charge on any atom is -0.381 e. The van der Waals surface area contributed by atoms with Crippen LogP contribution in [-0.4, -0.2) is 65.6 Å². The molecule has 2 saturated heterocycles. The zero-order chi connectivity index (χ0) is 18.3. The molecule has 27 heavy (non-hydrogen) atoms. The van der Waals surface area contributed by atoms with Gasteiger partial charge in [-0.2, -0.15) is 0 Å². The number of pyridine rings is 1. The lowest BCUT2D eigenvalue weighted by Crippen LogP contribution is -2.73. The highest BCUT2D eigenvalue weighted by molar-refractivity contribution is 5.94. The van der Waals surface area contributed by atoms with Crippen molar-refractivity contribution in [2.24, 2.45) is 17.8 Å². The Labute approximate surface area is 162 Å². The molecule has 146 valence electrons. The van der Waals surface area contributed by atoms with E-state index in [9.17, 15) is 4.79 Å². The number of aromatic nitrogens is 1. The summed E-state index contributed by atoms with van der Waals surface area (Å²) in [6.45, 7) is 6.00. The first-order valence-electron chi connectivity index (χ1n) is 10.7. The maximum Gasteiger partial charge on any atom is 0.255 e. The molecule has 1 amide bonds. The molecule has 0 N–H and O–H groups in total. The molecule has 1 spiro atoms. The van der Waals surface area contributed by atoms with Gasteiger partial charge >= 0.3 is 0 Å². The second kappa shape index (κ2) is 7.17. The summed E-state index contributed by atoms with van der Waals surface area (Å²) < 4.78 is 6.02. The lowest BCUT2D eigenvalue weighted by atomic mass is 9.74. The van der Waals surface area contributed by atoms with Gasteiger partial charge in [-0.3, -0.25) is 14.7 Å². The van der Waals surface area contributed by atoms with Crippen molar-refractivity contribution in [3.8, 4) is 0 Å². The Bertz CT molecular complexity index is 665. The normalized spacial score (nSPS) is 27.6. The van der Waals surface area contributed by atoms with Crippen molar-refractivity contribution < 1.29 is 9.53 Å². The van der Waals surface area contributed by atoms with Crippen LogP contribution in [0.3, 0.4) is 0 Å². The third-order valence-electron chi connectivity index (χ3n) is 6.89. The van der Waals surface area contributed by atoms with Gasteiger partial charge in [0.05, 0.1) is 11.1 Å². The van der Waals surface area contributed by atoms with Gasteiger partial charge in [0, 0.05) is 45.2 Å².